The highest BCUT2D eigenvalue weighted by Gasteiger charge is 2.09. The van der Waals surface area contributed by atoms with E-state index in [1.807, 2.05) is 6.92 Å². The predicted octanol–water partition coefficient (Wildman–Crippen LogP) is 1.40. The zero-order valence-electron chi connectivity index (χ0n) is 7.70. The average molecular weight is 178 g/mol. The van der Waals surface area contributed by atoms with Crippen LogP contribution in [0.2, 0.25) is 0 Å². The maximum atomic E-state index is 8.95. The minimum Gasteiger partial charge on any atom is -0.397 e. The lowest BCUT2D eigenvalue weighted by atomic mass is 10.1. The summed E-state index contributed by atoms with van der Waals surface area (Å²) in [5.74, 6) is -0.0279. The molecule has 0 saturated heterocycles. The summed E-state index contributed by atoms with van der Waals surface area (Å²) >= 11 is 0. The Balaban J connectivity index is 3.10. The van der Waals surface area contributed by atoms with Crippen molar-refractivity contribution in [3.05, 3.63) is 30.1 Å². The van der Waals surface area contributed by atoms with E-state index in [9.17, 15) is 0 Å². The first-order valence-electron chi connectivity index (χ1n) is 4.18. The molecule has 0 aliphatic heterocycles. The van der Waals surface area contributed by atoms with Gasteiger partial charge in [-0.1, -0.05) is 13.5 Å². The minimum absolute atomic E-state index is 0.0279. The molecule has 0 aliphatic carbocycles. The van der Waals surface area contributed by atoms with Crippen molar-refractivity contribution in [2.45, 2.75) is 12.8 Å². The highest BCUT2D eigenvalue weighted by Crippen LogP contribution is 2.19. The molecule has 1 atom stereocenters. The van der Waals surface area contributed by atoms with E-state index in [0.717, 1.165) is 11.4 Å². The number of anilines is 1. The molecule has 0 saturated carbocycles. The fourth-order valence-electron chi connectivity index (χ4n) is 1.10. The molecule has 0 aromatic carbocycles. The number of nitrogens with two attached hydrogens (primary N) is 1. The van der Waals surface area contributed by atoms with Gasteiger partial charge in [-0.3, -0.25) is 4.98 Å². The normalized spacial score (nSPS) is 12.5. The maximum Gasteiger partial charge on any atom is 0.0690 e. The Bertz CT molecular complexity index is 310. The lowest BCUT2D eigenvalue weighted by molar-refractivity contribution is 0.271. The van der Waals surface area contributed by atoms with Crippen LogP contribution < -0.4 is 5.73 Å². The van der Waals surface area contributed by atoms with Crippen molar-refractivity contribution in [3.63, 3.8) is 0 Å². The smallest absolute Gasteiger partial charge is 0.0690 e. The molecule has 0 amide bonds. The fourth-order valence-corrected chi connectivity index (χ4v) is 1.10. The Kier molecular flexibility index (Phi) is 3.03. The summed E-state index contributed by atoms with van der Waals surface area (Å²) in [5.41, 5.74) is 7.85. The lowest BCUT2D eigenvalue weighted by Crippen LogP contribution is -2.06. The molecule has 0 radical (unpaired) electrons. The molecule has 3 N–H and O–H groups in total. The summed E-state index contributed by atoms with van der Waals surface area (Å²) in [7, 11) is 0. The molecule has 1 aromatic rings. The first kappa shape index (κ1) is 9.74. The van der Waals surface area contributed by atoms with Crippen molar-refractivity contribution in [3.8, 4) is 0 Å². The quantitative estimate of drug-likeness (QED) is 0.735. The van der Waals surface area contributed by atoms with Gasteiger partial charge in [0.25, 0.3) is 0 Å². The molecule has 70 valence electrons. The molecule has 1 unspecified atom stereocenters. The number of aliphatic hydroxyl groups is 1. The van der Waals surface area contributed by atoms with Crippen LogP contribution in [-0.4, -0.2) is 16.7 Å². The molecule has 0 bridgehead atoms. The number of rotatable bonds is 3. The van der Waals surface area contributed by atoms with Gasteiger partial charge in [0.1, 0.15) is 0 Å². The van der Waals surface area contributed by atoms with Gasteiger partial charge < -0.3 is 10.8 Å². The number of nitrogen functional groups attached to an aromatic ring is 1. The number of hydrogen-bond donors (Lipinski definition) is 2. The van der Waals surface area contributed by atoms with Gasteiger partial charge in [0.2, 0.25) is 0 Å². The van der Waals surface area contributed by atoms with Gasteiger partial charge >= 0.3 is 0 Å². The summed E-state index contributed by atoms with van der Waals surface area (Å²) in [6.07, 6.45) is 1.66. The summed E-state index contributed by atoms with van der Waals surface area (Å²) in [4.78, 5) is 4.26. The molecule has 0 aliphatic rings. The van der Waals surface area contributed by atoms with Gasteiger partial charge in [-0.2, -0.15) is 0 Å². The van der Waals surface area contributed by atoms with Crippen molar-refractivity contribution in [1.29, 1.82) is 0 Å². The predicted molar refractivity (Wildman–Crippen MR) is 54.2 cm³/mol. The van der Waals surface area contributed by atoms with E-state index in [1.165, 1.54) is 0 Å². The number of aromatic nitrogens is 1. The Morgan fingerprint density at radius 3 is 2.92 bits per heavy atom. The van der Waals surface area contributed by atoms with E-state index < -0.39 is 0 Å². The number of pyridine rings is 1. The van der Waals surface area contributed by atoms with Gasteiger partial charge in [0.05, 0.1) is 23.7 Å². The topological polar surface area (TPSA) is 59.1 Å². The summed E-state index contributed by atoms with van der Waals surface area (Å²) in [5, 5.41) is 8.95. The van der Waals surface area contributed by atoms with Crippen LogP contribution in [0.25, 0.3) is 6.08 Å². The molecule has 3 nitrogen and oxygen atoms in total. The van der Waals surface area contributed by atoms with Crippen LogP contribution in [0.5, 0.6) is 0 Å². The van der Waals surface area contributed by atoms with Crippen LogP contribution >= 0.6 is 0 Å². The second-order valence-electron chi connectivity index (χ2n) is 3.00. The van der Waals surface area contributed by atoms with Gasteiger partial charge in [-0.05, 0) is 18.2 Å². The van der Waals surface area contributed by atoms with E-state index in [-0.39, 0.29) is 12.5 Å². The first-order valence-corrected chi connectivity index (χ1v) is 4.18. The van der Waals surface area contributed by atoms with Gasteiger partial charge in [-0.15, -0.1) is 0 Å². The van der Waals surface area contributed by atoms with Crippen molar-refractivity contribution in [1.82, 2.24) is 4.98 Å². The van der Waals surface area contributed by atoms with Crippen LogP contribution in [0, 0.1) is 0 Å². The van der Waals surface area contributed by atoms with E-state index in [0.29, 0.717) is 5.69 Å². The summed E-state index contributed by atoms with van der Waals surface area (Å²) < 4.78 is 0. The van der Waals surface area contributed by atoms with Crippen molar-refractivity contribution in [2.75, 3.05) is 12.3 Å². The van der Waals surface area contributed by atoms with Crippen molar-refractivity contribution >= 4 is 11.8 Å². The lowest BCUT2D eigenvalue weighted by Gasteiger charge is -2.10. The van der Waals surface area contributed by atoms with Crippen LogP contribution in [0.4, 0.5) is 5.69 Å². The summed E-state index contributed by atoms with van der Waals surface area (Å²) in [6, 6.07) is 3.58. The standard InChI is InChI=1S/C10H14N2O/c1-3-8-4-5-9(11)10(12-8)7(2)6-13/h3-5,7,13H,1,6,11H2,2H3. The number of nitrogens with zero attached hydrogens (tertiary/aromatic N) is 1. The van der Waals surface area contributed by atoms with E-state index >= 15 is 0 Å². The SMILES string of the molecule is C=Cc1ccc(N)c(C(C)CO)n1. The molecule has 0 spiro atoms. The Labute approximate surface area is 77.9 Å². The molecule has 1 rings (SSSR count). The third kappa shape index (κ3) is 2.06. The van der Waals surface area contributed by atoms with Crippen molar-refractivity contribution < 1.29 is 5.11 Å². The van der Waals surface area contributed by atoms with Gasteiger partial charge in [-0.25, -0.2) is 0 Å². The number of hydrogen-bond acceptors (Lipinski definition) is 3. The average Bonchev–Trinajstić information content (AvgIpc) is 2.17. The van der Waals surface area contributed by atoms with Gasteiger partial charge in [0.15, 0.2) is 0 Å². The highest BCUT2D eigenvalue weighted by molar-refractivity contribution is 5.51. The first-order chi connectivity index (χ1) is 6.19. The van der Waals surface area contributed by atoms with Crippen molar-refractivity contribution in [2.24, 2.45) is 0 Å². The Morgan fingerprint density at radius 1 is 1.69 bits per heavy atom. The third-order valence-electron chi connectivity index (χ3n) is 1.93. The molecular formula is C10H14N2O. The van der Waals surface area contributed by atoms with Crippen LogP contribution in [-0.2, 0) is 0 Å². The maximum absolute atomic E-state index is 8.95. The zero-order valence-corrected chi connectivity index (χ0v) is 7.70. The van der Waals surface area contributed by atoms with Gasteiger partial charge in [0, 0.05) is 5.92 Å². The Hall–Kier alpha value is -1.35. The molecular weight excluding hydrogens is 164 g/mol. The van der Waals surface area contributed by atoms with E-state index in [1.54, 1.807) is 18.2 Å². The Morgan fingerprint density at radius 2 is 2.38 bits per heavy atom. The second kappa shape index (κ2) is 4.05. The molecule has 13 heavy (non-hydrogen) atoms. The molecule has 1 aromatic heterocycles. The largest absolute Gasteiger partial charge is 0.397 e. The monoisotopic (exact) mass is 178 g/mol. The van der Waals surface area contributed by atoms with E-state index in [4.69, 9.17) is 10.8 Å². The molecule has 0 fully saturated rings. The summed E-state index contributed by atoms with van der Waals surface area (Å²) in [6.45, 7) is 5.55. The number of aliphatic hydroxyl groups excluding tert-OH is 1. The van der Waals surface area contributed by atoms with E-state index in [2.05, 4.69) is 11.6 Å². The van der Waals surface area contributed by atoms with Crippen LogP contribution in [0.3, 0.4) is 0 Å². The molecule has 3 heteroatoms. The molecule has 1 heterocycles. The minimum atomic E-state index is -0.0279. The zero-order chi connectivity index (χ0) is 9.84. The van der Waals surface area contributed by atoms with Crippen LogP contribution in [0.15, 0.2) is 18.7 Å². The fraction of sp³-hybridized carbons (Fsp3) is 0.300. The van der Waals surface area contributed by atoms with Crippen LogP contribution in [0.1, 0.15) is 24.2 Å². The third-order valence-corrected chi connectivity index (χ3v) is 1.93. The highest BCUT2D eigenvalue weighted by atomic mass is 16.3. The second-order valence-corrected chi connectivity index (χ2v) is 3.00.